The first-order chi connectivity index (χ1) is 8.41. The fraction of sp³-hybridized carbons (Fsp3) is 0.533. The number of nitrogens with one attached hydrogen (secondary N) is 1. The molecule has 108 valence electrons. The van der Waals surface area contributed by atoms with Crippen molar-refractivity contribution in [1.29, 1.82) is 0 Å². The standard InChI is InChI=1S/C15H24N2O.ClH/c1-10(2)13-7-5-12(6-8-13)9-17-15(18)14(16)11(3)4;/h5-8,10-11,14H,9,16H2,1-4H3,(H,17,18);1H. The van der Waals surface area contributed by atoms with Gasteiger partial charge in [-0.25, -0.2) is 0 Å². The molecular weight excluding hydrogens is 260 g/mol. The first kappa shape index (κ1) is 17.9. The minimum absolute atomic E-state index is 0. The Kier molecular flexibility index (Phi) is 7.72. The molecule has 1 aromatic carbocycles. The summed E-state index contributed by atoms with van der Waals surface area (Å²) in [7, 11) is 0. The summed E-state index contributed by atoms with van der Waals surface area (Å²) in [6.45, 7) is 8.76. The maximum atomic E-state index is 11.7. The van der Waals surface area contributed by atoms with Gasteiger partial charge in [0.15, 0.2) is 0 Å². The first-order valence-electron chi connectivity index (χ1n) is 6.54. The van der Waals surface area contributed by atoms with Crippen LogP contribution in [0.1, 0.15) is 44.7 Å². The molecule has 1 amide bonds. The molecule has 1 unspecified atom stereocenters. The number of hydrogen-bond acceptors (Lipinski definition) is 2. The molecule has 0 aliphatic carbocycles. The van der Waals surface area contributed by atoms with Crippen LogP contribution >= 0.6 is 12.4 Å². The second-order valence-electron chi connectivity index (χ2n) is 5.38. The zero-order chi connectivity index (χ0) is 13.7. The van der Waals surface area contributed by atoms with E-state index in [0.717, 1.165) is 5.56 Å². The van der Waals surface area contributed by atoms with Gasteiger partial charge in [0.05, 0.1) is 6.04 Å². The Bertz CT molecular complexity index is 388. The monoisotopic (exact) mass is 284 g/mol. The quantitative estimate of drug-likeness (QED) is 0.873. The lowest BCUT2D eigenvalue weighted by atomic mass is 10.0. The van der Waals surface area contributed by atoms with Gasteiger partial charge in [0.1, 0.15) is 0 Å². The van der Waals surface area contributed by atoms with Crippen LogP contribution < -0.4 is 11.1 Å². The Hall–Kier alpha value is -1.06. The fourth-order valence-electron chi connectivity index (χ4n) is 1.63. The van der Waals surface area contributed by atoms with Gasteiger partial charge in [0.2, 0.25) is 5.91 Å². The van der Waals surface area contributed by atoms with Crippen molar-refractivity contribution >= 4 is 18.3 Å². The average Bonchev–Trinajstić information content (AvgIpc) is 2.35. The third-order valence-corrected chi connectivity index (χ3v) is 3.13. The summed E-state index contributed by atoms with van der Waals surface area (Å²) in [5.74, 6) is 0.606. The highest BCUT2D eigenvalue weighted by molar-refractivity contribution is 5.85. The summed E-state index contributed by atoms with van der Waals surface area (Å²) >= 11 is 0. The highest BCUT2D eigenvalue weighted by Gasteiger charge is 2.16. The first-order valence-corrected chi connectivity index (χ1v) is 6.54. The molecule has 0 aromatic heterocycles. The average molecular weight is 285 g/mol. The Balaban J connectivity index is 0.00000324. The van der Waals surface area contributed by atoms with Gasteiger partial charge in [0, 0.05) is 6.54 Å². The molecule has 0 aliphatic heterocycles. The molecule has 1 aromatic rings. The predicted molar refractivity (Wildman–Crippen MR) is 82.4 cm³/mol. The zero-order valence-corrected chi connectivity index (χ0v) is 13.0. The third-order valence-electron chi connectivity index (χ3n) is 3.13. The van der Waals surface area contributed by atoms with Gasteiger partial charge in [-0.05, 0) is 23.0 Å². The van der Waals surface area contributed by atoms with E-state index in [9.17, 15) is 4.79 Å². The molecule has 0 spiro atoms. The van der Waals surface area contributed by atoms with Crippen molar-refractivity contribution in [1.82, 2.24) is 5.32 Å². The molecule has 3 nitrogen and oxygen atoms in total. The Morgan fingerprint density at radius 3 is 2.11 bits per heavy atom. The minimum atomic E-state index is -0.431. The molecule has 3 N–H and O–H groups in total. The van der Waals surface area contributed by atoms with E-state index in [2.05, 4.69) is 43.4 Å². The van der Waals surface area contributed by atoms with Crippen LogP contribution in [0.3, 0.4) is 0 Å². The lowest BCUT2D eigenvalue weighted by Gasteiger charge is -2.15. The van der Waals surface area contributed by atoms with Gasteiger partial charge in [-0.15, -0.1) is 12.4 Å². The van der Waals surface area contributed by atoms with Crippen LogP contribution in [0.4, 0.5) is 0 Å². The smallest absolute Gasteiger partial charge is 0.237 e. The van der Waals surface area contributed by atoms with E-state index in [0.29, 0.717) is 12.5 Å². The summed E-state index contributed by atoms with van der Waals surface area (Å²) < 4.78 is 0. The van der Waals surface area contributed by atoms with E-state index >= 15 is 0 Å². The molecule has 1 rings (SSSR count). The summed E-state index contributed by atoms with van der Waals surface area (Å²) in [4.78, 5) is 11.7. The maximum Gasteiger partial charge on any atom is 0.237 e. The largest absolute Gasteiger partial charge is 0.351 e. The fourth-order valence-corrected chi connectivity index (χ4v) is 1.63. The summed E-state index contributed by atoms with van der Waals surface area (Å²) in [6, 6.07) is 7.88. The number of halogens is 1. The van der Waals surface area contributed by atoms with Gasteiger partial charge < -0.3 is 11.1 Å². The van der Waals surface area contributed by atoms with E-state index in [1.165, 1.54) is 5.56 Å². The van der Waals surface area contributed by atoms with Crippen molar-refractivity contribution in [3.05, 3.63) is 35.4 Å². The van der Waals surface area contributed by atoms with Crippen molar-refractivity contribution in [2.45, 2.75) is 46.2 Å². The van der Waals surface area contributed by atoms with Crippen molar-refractivity contribution in [3.63, 3.8) is 0 Å². The molecule has 0 saturated heterocycles. The van der Waals surface area contributed by atoms with Gasteiger partial charge in [0.25, 0.3) is 0 Å². The van der Waals surface area contributed by atoms with Gasteiger partial charge in [-0.1, -0.05) is 52.0 Å². The Morgan fingerprint density at radius 2 is 1.68 bits per heavy atom. The number of rotatable bonds is 5. The van der Waals surface area contributed by atoms with E-state index in [-0.39, 0.29) is 24.2 Å². The van der Waals surface area contributed by atoms with Gasteiger partial charge in [-0.3, -0.25) is 4.79 Å². The van der Waals surface area contributed by atoms with E-state index in [1.54, 1.807) is 0 Å². The topological polar surface area (TPSA) is 55.1 Å². The second-order valence-corrected chi connectivity index (χ2v) is 5.38. The van der Waals surface area contributed by atoms with E-state index in [1.807, 2.05) is 13.8 Å². The van der Waals surface area contributed by atoms with Crippen LogP contribution in [-0.2, 0) is 11.3 Å². The second kappa shape index (κ2) is 8.18. The normalized spacial score (nSPS) is 12.2. The predicted octanol–water partition coefficient (Wildman–Crippen LogP) is 2.83. The van der Waals surface area contributed by atoms with E-state index < -0.39 is 6.04 Å². The number of nitrogens with two attached hydrogens (primary N) is 1. The third kappa shape index (κ3) is 5.62. The van der Waals surface area contributed by atoms with Crippen molar-refractivity contribution in [2.24, 2.45) is 11.7 Å². The number of benzene rings is 1. The maximum absolute atomic E-state index is 11.7. The van der Waals surface area contributed by atoms with Crippen LogP contribution in [0.5, 0.6) is 0 Å². The van der Waals surface area contributed by atoms with Crippen molar-refractivity contribution in [3.8, 4) is 0 Å². The molecule has 0 bridgehead atoms. The lowest BCUT2D eigenvalue weighted by molar-refractivity contribution is -0.123. The molecule has 0 fully saturated rings. The van der Waals surface area contributed by atoms with Crippen LogP contribution in [0.15, 0.2) is 24.3 Å². The highest BCUT2D eigenvalue weighted by atomic mass is 35.5. The minimum Gasteiger partial charge on any atom is -0.351 e. The lowest BCUT2D eigenvalue weighted by Crippen LogP contribution is -2.43. The molecule has 1 atom stereocenters. The zero-order valence-electron chi connectivity index (χ0n) is 12.1. The van der Waals surface area contributed by atoms with E-state index in [4.69, 9.17) is 5.73 Å². The number of carbonyl (C=O) groups excluding carboxylic acids is 1. The number of hydrogen-bond donors (Lipinski definition) is 2. The van der Waals surface area contributed by atoms with Crippen molar-refractivity contribution in [2.75, 3.05) is 0 Å². The number of amides is 1. The van der Waals surface area contributed by atoms with Gasteiger partial charge in [-0.2, -0.15) is 0 Å². The molecule has 0 heterocycles. The van der Waals surface area contributed by atoms with Crippen LogP contribution in [0.2, 0.25) is 0 Å². The SMILES string of the molecule is CC(C)c1ccc(CNC(=O)C(N)C(C)C)cc1.Cl. The van der Waals surface area contributed by atoms with Crippen LogP contribution in [0, 0.1) is 5.92 Å². The molecule has 0 saturated carbocycles. The Morgan fingerprint density at radius 1 is 1.16 bits per heavy atom. The van der Waals surface area contributed by atoms with Crippen molar-refractivity contribution < 1.29 is 4.79 Å². The summed E-state index contributed by atoms with van der Waals surface area (Å²) in [6.07, 6.45) is 0. The summed E-state index contributed by atoms with van der Waals surface area (Å²) in [5.41, 5.74) is 8.19. The molecule has 19 heavy (non-hydrogen) atoms. The van der Waals surface area contributed by atoms with Gasteiger partial charge >= 0.3 is 0 Å². The highest BCUT2D eigenvalue weighted by Crippen LogP contribution is 2.14. The molecule has 0 aliphatic rings. The number of carbonyl (C=O) groups is 1. The Labute approximate surface area is 122 Å². The molecular formula is C15H25ClN2O. The van der Waals surface area contributed by atoms with Crippen LogP contribution in [0.25, 0.3) is 0 Å². The molecule has 0 radical (unpaired) electrons. The summed E-state index contributed by atoms with van der Waals surface area (Å²) in [5, 5.41) is 2.86. The van der Waals surface area contributed by atoms with Crippen LogP contribution in [-0.4, -0.2) is 11.9 Å². The molecule has 4 heteroatoms.